The van der Waals surface area contributed by atoms with Crippen molar-refractivity contribution in [1.29, 1.82) is 0 Å². The molecular formula is C21H16Cl2N4O3. The zero-order valence-electron chi connectivity index (χ0n) is 15.8. The van der Waals surface area contributed by atoms with Crippen molar-refractivity contribution in [2.24, 2.45) is 7.05 Å². The Morgan fingerprint density at radius 2 is 1.77 bits per heavy atom. The molecule has 0 radical (unpaired) electrons. The van der Waals surface area contributed by atoms with Crippen molar-refractivity contribution in [3.63, 3.8) is 0 Å². The van der Waals surface area contributed by atoms with Gasteiger partial charge in [0.2, 0.25) is 0 Å². The van der Waals surface area contributed by atoms with E-state index in [4.69, 9.17) is 23.2 Å². The molecule has 2 aromatic carbocycles. The van der Waals surface area contributed by atoms with E-state index in [1.165, 1.54) is 10.8 Å². The number of aromatic nitrogens is 3. The van der Waals surface area contributed by atoms with E-state index in [9.17, 15) is 14.4 Å². The van der Waals surface area contributed by atoms with Gasteiger partial charge in [0.1, 0.15) is 5.52 Å². The van der Waals surface area contributed by atoms with Crippen LogP contribution < -0.4 is 16.6 Å². The summed E-state index contributed by atoms with van der Waals surface area (Å²) in [5.41, 5.74) is 0.508. The van der Waals surface area contributed by atoms with Gasteiger partial charge in [-0.1, -0.05) is 41.4 Å². The first-order valence-corrected chi connectivity index (χ1v) is 9.74. The zero-order valence-corrected chi connectivity index (χ0v) is 17.3. The molecule has 7 nitrogen and oxygen atoms in total. The Labute approximate surface area is 180 Å². The van der Waals surface area contributed by atoms with Gasteiger partial charge in [0.25, 0.3) is 11.5 Å². The van der Waals surface area contributed by atoms with Gasteiger partial charge >= 0.3 is 5.69 Å². The fraction of sp³-hybridized carbons (Fsp3) is 0.0952. The average molecular weight is 443 g/mol. The summed E-state index contributed by atoms with van der Waals surface area (Å²) in [5, 5.41) is 3.79. The van der Waals surface area contributed by atoms with E-state index >= 15 is 0 Å². The lowest BCUT2D eigenvalue weighted by atomic mass is 10.2. The molecule has 0 saturated carbocycles. The monoisotopic (exact) mass is 442 g/mol. The molecule has 1 amide bonds. The van der Waals surface area contributed by atoms with E-state index in [0.717, 1.165) is 10.1 Å². The smallest absolute Gasteiger partial charge is 0.333 e. The molecule has 0 aliphatic heterocycles. The third-order valence-corrected chi connectivity index (χ3v) is 5.37. The fourth-order valence-corrected chi connectivity index (χ4v) is 3.61. The highest BCUT2D eigenvalue weighted by Crippen LogP contribution is 2.18. The summed E-state index contributed by atoms with van der Waals surface area (Å²) in [5.74, 6) is -0.431. The molecule has 4 rings (SSSR count). The highest BCUT2D eigenvalue weighted by atomic mass is 35.5. The normalized spacial score (nSPS) is 11.0. The third kappa shape index (κ3) is 3.53. The lowest BCUT2D eigenvalue weighted by Gasteiger charge is -2.07. The van der Waals surface area contributed by atoms with E-state index in [2.05, 4.69) is 10.3 Å². The van der Waals surface area contributed by atoms with Gasteiger partial charge in [-0.2, -0.15) is 0 Å². The molecule has 0 atom stereocenters. The molecule has 0 aliphatic carbocycles. The van der Waals surface area contributed by atoms with Crippen LogP contribution in [0.5, 0.6) is 0 Å². The van der Waals surface area contributed by atoms with Gasteiger partial charge in [0.05, 0.1) is 16.8 Å². The van der Waals surface area contributed by atoms with Crippen molar-refractivity contribution in [3.05, 3.63) is 96.7 Å². The Kier molecular flexibility index (Phi) is 5.24. The van der Waals surface area contributed by atoms with Gasteiger partial charge in [-0.15, -0.1) is 0 Å². The second-order valence-corrected chi connectivity index (χ2v) is 7.54. The minimum Gasteiger partial charge on any atom is -0.348 e. The number of halogens is 2. The Morgan fingerprint density at radius 1 is 1.07 bits per heavy atom. The first kappa shape index (κ1) is 20.0. The molecular weight excluding hydrogens is 427 g/mol. The summed E-state index contributed by atoms with van der Waals surface area (Å²) in [4.78, 5) is 41.1. The third-order valence-electron chi connectivity index (χ3n) is 4.75. The highest BCUT2D eigenvalue weighted by molar-refractivity contribution is 6.31. The number of hydrogen-bond donors (Lipinski definition) is 2. The number of H-pyrrole nitrogens is 1. The van der Waals surface area contributed by atoms with Gasteiger partial charge < -0.3 is 14.9 Å². The SMILES string of the molecule is Cn1cc(C(=O)NCc2ccccc2Cl)c2[nH]c(=O)n(-c3ccc(Cl)cc3)c(=O)c21. The summed E-state index contributed by atoms with van der Waals surface area (Å²) in [6, 6.07) is 13.5. The van der Waals surface area contributed by atoms with Crippen LogP contribution in [0, 0.1) is 0 Å². The Morgan fingerprint density at radius 3 is 2.47 bits per heavy atom. The van der Waals surface area contributed by atoms with E-state index in [1.807, 2.05) is 6.07 Å². The van der Waals surface area contributed by atoms with Gasteiger partial charge in [-0.25, -0.2) is 9.36 Å². The molecule has 0 spiro atoms. The first-order valence-electron chi connectivity index (χ1n) is 8.98. The van der Waals surface area contributed by atoms with Crippen molar-refractivity contribution >= 4 is 40.1 Å². The quantitative estimate of drug-likeness (QED) is 0.508. The molecule has 0 fully saturated rings. The van der Waals surface area contributed by atoms with Crippen LogP contribution in [0.25, 0.3) is 16.7 Å². The van der Waals surface area contributed by atoms with Gasteiger partial charge in [0, 0.05) is 29.8 Å². The topological polar surface area (TPSA) is 88.9 Å². The zero-order chi connectivity index (χ0) is 21.4. The molecule has 4 aromatic rings. The molecule has 2 heterocycles. The number of nitrogens with zero attached hydrogens (tertiary/aromatic N) is 2. The lowest BCUT2D eigenvalue weighted by molar-refractivity contribution is 0.0952. The number of hydrogen-bond acceptors (Lipinski definition) is 3. The van der Waals surface area contributed by atoms with Crippen LogP contribution in [0.1, 0.15) is 15.9 Å². The summed E-state index contributed by atoms with van der Waals surface area (Å²) in [6.45, 7) is 0.209. The van der Waals surface area contributed by atoms with Gasteiger partial charge in [-0.05, 0) is 35.9 Å². The van der Waals surface area contributed by atoms with Crippen LogP contribution in [-0.2, 0) is 13.6 Å². The predicted octanol–water partition coefficient (Wildman–Crippen LogP) is 3.25. The molecule has 0 aliphatic rings. The predicted molar refractivity (Wildman–Crippen MR) is 117 cm³/mol. The summed E-state index contributed by atoms with van der Waals surface area (Å²) in [6.07, 6.45) is 1.51. The maximum atomic E-state index is 13.1. The largest absolute Gasteiger partial charge is 0.348 e. The average Bonchev–Trinajstić information content (AvgIpc) is 3.05. The number of amides is 1. The Balaban J connectivity index is 1.75. The Hall–Kier alpha value is -3.29. The number of carbonyl (C=O) groups is 1. The van der Waals surface area contributed by atoms with Crippen molar-refractivity contribution in [2.45, 2.75) is 6.54 Å². The standard InChI is InChI=1S/C21H16Cl2N4O3/c1-26-11-15(19(28)24-10-12-4-2-3-5-16(12)23)17-18(26)20(29)27(21(30)25-17)14-8-6-13(22)7-9-14/h2-9,11H,10H2,1H3,(H,24,28)(H,25,30). The number of benzene rings is 2. The van der Waals surface area contributed by atoms with Crippen LogP contribution >= 0.6 is 23.2 Å². The van der Waals surface area contributed by atoms with E-state index in [-0.39, 0.29) is 23.1 Å². The van der Waals surface area contributed by atoms with Gasteiger partial charge in [0.15, 0.2) is 0 Å². The van der Waals surface area contributed by atoms with Crippen LogP contribution in [0.2, 0.25) is 10.0 Å². The summed E-state index contributed by atoms with van der Waals surface area (Å²) >= 11 is 12.0. The van der Waals surface area contributed by atoms with Crippen molar-refractivity contribution < 1.29 is 4.79 Å². The minimum atomic E-state index is -0.652. The first-order chi connectivity index (χ1) is 14.4. The molecule has 9 heteroatoms. The number of aromatic amines is 1. The number of aryl methyl sites for hydroxylation is 1. The van der Waals surface area contributed by atoms with Crippen LogP contribution in [0.4, 0.5) is 0 Å². The Bertz CT molecular complexity index is 1380. The second-order valence-electron chi connectivity index (χ2n) is 6.70. The molecule has 2 N–H and O–H groups in total. The summed E-state index contributed by atoms with van der Waals surface area (Å²) in [7, 11) is 1.64. The molecule has 152 valence electrons. The van der Waals surface area contributed by atoms with E-state index in [0.29, 0.717) is 15.7 Å². The maximum Gasteiger partial charge on any atom is 0.333 e. The van der Waals surface area contributed by atoms with Crippen LogP contribution in [0.15, 0.2) is 64.3 Å². The van der Waals surface area contributed by atoms with E-state index < -0.39 is 17.2 Å². The minimum absolute atomic E-state index is 0.175. The lowest BCUT2D eigenvalue weighted by Crippen LogP contribution is -2.34. The molecule has 0 unspecified atom stereocenters. The van der Waals surface area contributed by atoms with Crippen molar-refractivity contribution in [2.75, 3.05) is 0 Å². The summed E-state index contributed by atoms with van der Waals surface area (Å²) < 4.78 is 2.52. The second kappa shape index (κ2) is 7.85. The highest BCUT2D eigenvalue weighted by Gasteiger charge is 2.20. The molecule has 2 aromatic heterocycles. The van der Waals surface area contributed by atoms with E-state index in [1.54, 1.807) is 49.5 Å². The number of nitrogens with one attached hydrogen (secondary N) is 2. The number of fused-ring (bicyclic) bond motifs is 1. The van der Waals surface area contributed by atoms with Gasteiger partial charge in [-0.3, -0.25) is 9.59 Å². The molecule has 0 bridgehead atoms. The fourth-order valence-electron chi connectivity index (χ4n) is 3.28. The van der Waals surface area contributed by atoms with Crippen LogP contribution in [-0.4, -0.2) is 20.0 Å². The number of rotatable bonds is 4. The number of carbonyl (C=O) groups excluding carboxylic acids is 1. The van der Waals surface area contributed by atoms with Crippen molar-refractivity contribution in [3.8, 4) is 5.69 Å². The molecule has 30 heavy (non-hydrogen) atoms. The maximum absolute atomic E-state index is 13.1. The van der Waals surface area contributed by atoms with Crippen LogP contribution in [0.3, 0.4) is 0 Å². The van der Waals surface area contributed by atoms with Crippen molar-refractivity contribution in [1.82, 2.24) is 19.4 Å². The molecule has 0 saturated heterocycles.